The van der Waals surface area contributed by atoms with Gasteiger partial charge in [-0.1, -0.05) is 47.5 Å². The second kappa shape index (κ2) is 10.2. The van der Waals surface area contributed by atoms with Crippen molar-refractivity contribution in [1.82, 2.24) is 9.62 Å². The first-order valence-electron chi connectivity index (χ1n) is 9.96. The van der Waals surface area contributed by atoms with Gasteiger partial charge in [0.2, 0.25) is 15.9 Å². The molecule has 164 valence electrons. The van der Waals surface area contributed by atoms with E-state index < -0.39 is 10.0 Å². The van der Waals surface area contributed by atoms with Crippen LogP contribution in [0.15, 0.2) is 41.3 Å². The van der Waals surface area contributed by atoms with Crippen LogP contribution in [0.3, 0.4) is 0 Å². The molecule has 2 rings (SSSR count). The number of hydrogen-bond acceptors (Lipinski definition) is 4. The average molecular weight is 433 g/mol. The van der Waals surface area contributed by atoms with Gasteiger partial charge in [-0.2, -0.15) is 4.31 Å². The van der Waals surface area contributed by atoms with Gasteiger partial charge in [-0.15, -0.1) is 0 Å². The number of carbonyl (C=O) groups excluding carboxylic acids is 1. The Hall–Kier alpha value is -2.22. The first kappa shape index (κ1) is 24.1. The molecule has 0 heterocycles. The van der Waals surface area contributed by atoms with Gasteiger partial charge in [-0.3, -0.25) is 4.79 Å². The number of sulfonamides is 1. The van der Waals surface area contributed by atoms with E-state index >= 15 is 0 Å². The third-order valence-electron chi connectivity index (χ3n) is 4.83. The highest BCUT2D eigenvalue weighted by Gasteiger charge is 2.30. The Morgan fingerprint density at radius 2 is 1.60 bits per heavy atom. The van der Waals surface area contributed by atoms with Gasteiger partial charge in [0.05, 0.1) is 18.0 Å². The second-order valence-corrected chi connectivity index (χ2v) is 9.79. The van der Waals surface area contributed by atoms with Crippen LogP contribution in [-0.4, -0.2) is 44.9 Å². The van der Waals surface area contributed by atoms with Crippen LogP contribution in [-0.2, 0) is 26.1 Å². The molecule has 0 aromatic heterocycles. The van der Waals surface area contributed by atoms with E-state index in [1.54, 1.807) is 21.0 Å². The molecule has 1 atom stereocenters. The van der Waals surface area contributed by atoms with Crippen LogP contribution < -0.4 is 5.32 Å². The van der Waals surface area contributed by atoms with Crippen LogP contribution in [0.25, 0.3) is 0 Å². The number of ether oxygens (including phenoxy) is 1. The van der Waals surface area contributed by atoms with Gasteiger partial charge < -0.3 is 10.1 Å². The van der Waals surface area contributed by atoms with Crippen molar-refractivity contribution < 1.29 is 17.9 Å². The summed E-state index contributed by atoms with van der Waals surface area (Å²) in [7, 11) is -2.33. The molecule has 0 unspecified atom stereocenters. The molecule has 0 aliphatic heterocycles. The predicted molar refractivity (Wildman–Crippen MR) is 119 cm³/mol. The lowest BCUT2D eigenvalue weighted by Crippen LogP contribution is -2.44. The molecule has 2 aromatic rings. The third kappa shape index (κ3) is 6.14. The number of aryl methyl sites for hydroxylation is 4. The maximum atomic E-state index is 13.6. The number of nitrogens with zero attached hydrogens (tertiary/aromatic N) is 1. The number of rotatable bonds is 9. The second-order valence-electron chi connectivity index (χ2n) is 7.91. The highest BCUT2D eigenvalue weighted by Crippen LogP contribution is 2.26. The molecule has 30 heavy (non-hydrogen) atoms. The lowest BCUT2D eigenvalue weighted by atomic mass is 10.1. The molecule has 0 spiro atoms. The number of carbonyl (C=O) groups is 1. The quantitative estimate of drug-likeness (QED) is 0.660. The molecule has 1 amide bonds. The lowest BCUT2D eigenvalue weighted by molar-refractivity contribution is -0.122. The maximum Gasteiger partial charge on any atom is 0.244 e. The molecule has 0 aliphatic rings. The summed E-state index contributed by atoms with van der Waals surface area (Å²) >= 11 is 0. The summed E-state index contributed by atoms with van der Waals surface area (Å²) in [5.41, 5.74) is 4.26. The zero-order valence-corrected chi connectivity index (χ0v) is 19.5. The van der Waals surface area contributed by atoms with E-state index in [2.05, 4.69) is 5.32 Å². The average Bonchev–Trinajstić information content (AvgIpc) is 2.61. The van der Waals surface area contributed by atoms with Gasteiger partial charge in [0, 0.05) is 19.7 Å². The zero-order chi connectivity index (χ0) is 22.5. The number of methoxy groups -OCH3 is 1. The van der Waals surface area contributed by atoms with Crippen molar-refractivity contribution in [2.75, 3.05) is 20.3 Å². The fourth-order valence-corrected chi connectivity index (χ4v) is 5.39. The molecule has 0 aliphatic carbocycles. The predicted octanol–water partition coefficient (Wildman–Crippen LogP) is 3.26. The number of hydrogen-bond donors (Lipinski definition) is 1. The Balaban J connectivity index is 2.41. The maximum absolute atomic E-state index is 13.6. The minimum absolute atomic E-state index is 0.113. The molecule has 7 heteroatoms. The molecule has 6 nitrogen and oxygen atoms in total. The van der Waals surface area contributed by atoms with E-state index in [1.807, 2.05) is 57.2 Å². The summed E-state index contributed by atoms with van der Waals surface area (Å²) in [6.45, 7) is 9.50. The first-order valence-corrected chi connectivity index (χ1v) is 11.4. The van der Waals surface area contributed by atoms with Crippen LogP contribution in [0.4, 0.5) is 0 Å². The summed E-state index contributed by atoms with van der Waals surface area (Å²) < 4.78 is 33.5. The summed E-state index contributed by atoms with van der Waals surface area (Å²) in [5, 5.41) is 2.80. The van der Waals surface area contributed by atoms with E-state index in [0.717, 1.165) is 16.7 Å². The molecule has 0 saturated heterocycles. The molecular formula is C23H32N2O4S. The highest BCUT2D eigenvalue weighted by molar-refractivity contribution is 7.89. The zero-order valence-electron chi connectivity index (χ0n) is 18.7. The van der Waals surface area contributed by atoms with Crippen molar-refractivity contribution >= 4 is 15.9 Å². The van der Waals surface area contributed by atoms with Crippen molar-refractivity contribution in [2.24, 2.45) is 0 Å². The van der Waals surface area contributed by atoms with E-state index in [9.17, 15) is 13.2 Å². The third-order valence-corrected chi connectivity index (χ3v) is 6.92. The van der Waals surface area contributed by atoms with Gasteiger partial charge in [0.1, 0.15) is 0 Å². The Labute approximate surface area is 180 Å². The molecule has 0 bridgehead atoms. The van der Waals surface area contributed by atoms with Crippen molar-refractivity contribution in [1.29, 1.82) is 0 Å². The summed E-state index contributed by atoms with van der Waals surface area (Å²) in [4.78, 5) is 12.9. The molecule has 1 N–H and O–H groups in total. The minimum Gasteiger partial charge on any atom is -0.383 e. The van der Waals surface area contributed by atoms with Gasteiger partial charge in [-0.05, 0) is 51.3 Å². The summed E-state index contributed by atoms with van der Waals surface area (Å²) in [6, 6.07) is 11.1. The summed E-state index contributed by atoms with van der Waals surface area (Å²) in [6.07, 6.45) is 0. The van der Waals surface area contributed by atoms with Crippen molar-refractivity contribution in [3.8, 4) is 0 Å². The molecular weight excluding hydrogens is 400 g/mol. The minimum atomic E-state index is -3.89. The Bertz CT molecular complexity index is 962. The van der Waals surface area contributed by atoms with Gasteiger partial charge in [-0.25, -0.2) is 8.42 Å². The molecule has 0 radical (unpaired) electrons. The molecule has 0 saturated carbocycles. The monoisotopic (exact) mass is 432 g/mol. The van der Waals surface area contributed by atoms with E-state index in [4.69, 9.17) is 4.74 Å². The standard InChI is InChI=1S/C23H32N2O4S/c1-16-7-9-21(10-8-16)13-25(14-22(26)24-20(5)15-29-6)30(27,28)23-18(3)11-17(2)12-19(23)4/h7-12,20H,13-15H2,1-6H3,(H,24,26)/t20-/m0/s1. The van der Waals surface area contributed by atoms with Crippen molar-refractivity contribution in [2.45, 2.75) is 52.1 Å². The fourth-order valence-electron chi connectivity index (χ4n) is 3.60. The SMILES string of the molecule is COC[C@H](C)NC(=O)CN(Cc1ccc(C)cc1)S(=O)(=O)c1c(C)cc(C)cc1C. The van der Waals surface area contributed by atoms with Gasteiger partial charge in [0.25, 0.3) is 0 Å². The van der Waals surface area contributed by atoms with E-state index in [1.165, 1.54) is 4.31 Å². The van der Waals surface area contributed by atoms with Crippen LogP contribution in [0.2, 0.25) is 0 Å². The number of nitrogens with one attached hydrogen (secondary N) is 1. The van der Waals surface area contributed by atoms with Crippen molar-refractivity contribution in [3.63, 3.8) is 0 Å². The largest absolute Gasteiger partial charge is 0.383 e. The lowest BCUT2D eigenvalue weighted by Gasteiger charge is -2.25. The van der Waals surface area contributed by atoms with Gasteiger partial charge in [0.15, 0.2) is 0 Å². The van der Waals surface area contributed by atoms with E-state index in [0.29, 0.717) is 17.7 Å². The summed E-state index contributed by atoms with van der Waals surface area (Å²) in [5.74, 6) is -0.363. The van der Waals surface area contributed by atoms with Crippen LogP contribution in [0.5, 0.6) is 0 Å². The number of benzene rings is 2. The van der Waals surface area contributed by atoms with Gasteiger partial charge >= 0.3 is 0 Å². The van der Waals surface area contributed by atoms with Crippen molar-refractivity contribution in [3.05, 3.63) is 64.2 Å². The highest BCUT2D eigenvalue weighted by atomic mass is 32.2. The number of amides is 1. The van der Waals surface area contributed by atoms with Crippen LogP contribution in [0, 0.1) is 27.7 Å². The molecule has 2 aromatic carbocycles. The topological polar surface area (TPSA) is 75.7 Å². The normalized spacial score (nSPS) is 12.8. The first-order chi connectivity index (χ1) is 14.0. The Kier molecular flexibility index (Phi) is 8.18. The Morgan fingerprint density at radius 1 is 1.03 bits per heavy atom. The van der Waals surface area contributed by atoms with Crippen LogP contribution >= 0.6 is 0 Å². The fraction of sp³-hybridized carbons (Fsp3) is 0.435. The van der Waals surface area contributed by atoms with Crippen LogP contribution in [0.1, 0.15) is 34.7 Å². The Morgan fingerprint density at radius 3 is 2.13 bits per heavy atom. The van der Waals surface area contributed by atoms with E-state index in [-0.39, 0.29) is 29.9 Å². The molecule has 0 fully saturated rings. The smallest absolute Gasteiger partial charge is 0.244 e.